The first kappa shape index (κ1) is 7.65. The molecule has 0 amide bonds. The van der Waals surface area contributed by atoms with Gasteiger partial charge in [0.2, 0.25) is 5.89 Å². The zero-order chi connectivity index (χ0) is 12.4. The third-order valence-electron chi connectivity index (χ3n) is 2.10. The van der Waals surface area contributed by atoms with Crippen LogP contribution in [0.1, 0.15) is 14.2 Å². The number of benzene rings is 1. The molecule has 15 heavy (non-hydrogen) atoms. The number of oxazole rings is 1. The lowest BCUT2D eigenvalue weighted by Gasteiger charge is -1.92. The number of aromatic nitrogens is 1. The van der Waals surface area contributed by atoms with E-state index >= 15 is 0 Å². The van der Waals surface area contributed by atoms with Gasteiger partial charge in [0, 0.05) is 18.6 Å². The summed E-state index contributed by atoms with van der Waals surface area (Å²) in [6, 6.07) is 5.28. The molecule has 0 aliphatic rings. The van der Waals surface area contributed by atoms with Gasteiger partial charge in [-0.1, -0.05) is 18.2 Å². The van der Waals surface area contributed by atoms with E-state index < -0.39 is 0 Å². The van der Waals surface area contributed by atoms with E-state index in [1.807, 2.05) is 0 Å². The Balaban J connectivity index is 2.50. The predicted molar refractivity (Wildman–Crippen MR) is 57.5 cm³/mol. The van der Waals surface area contributed by atoms with Crippen LogP contribution in [0.15, 0.2) is 34.7 Å². The van der Waals surface area contributed by atoms with Crippen molar-refractivity contribution in [2.24, 2.45) is 0 Å². The predicted octanol–water partition coefficient (Wildman–Crippen LogP) is 2.18. The molecule has 0 saturated heterocycles. The van der Waals surface area contributed by atoms with Crippen molar-refractivity contribution < 1.29 is 12.3 Å². The van der Waals surface area contributed by atoms with Crippen LogP contribution in [0.3, 0.4) is 0 Å². The molecule has 0 unspecified atom stereocenters. The molecule has 0 spiro atoms. The third kappa shape index (κ3) is 2.07. The summed E-state index contributed by atoms with van der Waals surface area (Å²) in [6.07, 6.45) is 0.419. The summed E-state index contributed by atoms with van der Waals surface area (Å²) in [5.74, 6) is 0.901. The molecule has 1 aromatic carbocycles. The summed E-state index contributed by atoms with van der Waals surface area (Å²) in [4.78, 5) is 4.22. The van der Waals surface area contributed by atoms with E-state index in [9.17, 15) is 0 Å². The minimum atomic E-state index is 0.00304. The first-order valence-corrected chi connectivity index (χ1v) is 4.77. The van der Waals surface area contributed by atoms with Crippen molar-refractivity contribution >= 4 is 0 Å². The molecule has 2 rings (SSSR count). The van der Waals surface area contributed by atoms with Crippen LogP contribution in [0.25, 0.3) is 11.5 Å². The fraction of sp³-hybridized carbons (Fsp3) is 0.250. The third-order valence-corrected chi connectivity index (χ3v) is 2.10. The van der Waals surface area contributed by atoms with Gasteiger partial charge in [0.1, 0.15) is 5.76 Å². The summed E-state index contributed by atoms with van der Waals surface area (Å²) in [6.45, 7) is 1.76. The first-order valence-electron chi connectivity index (χ1n) is 5.77. The maximum atomic E-state index is 8.88. The smallest absolute Gasteiger partial charge is 0.226 e. The van der Waals surface area contributed by atoms with Crippen molar-refractivity contribution in [1.29, 1.82) is 0 Å². The van der Waals surface area contributed by atoms with Gasteiger partial charge in [-0.2, -0.15) is 0 Å². The Kier molecular flexibility index (Phi) is 2.18. The van der Waals surface area contributed by atoms with Gasteiger partial charge in [-0.05, 0) is 19.0 Å². The van der Waals surface area contributed by atoms with Gasteiger partial charge in [-0.15, -0.1) is 0 Å². The van der Waals surface area contributed by atoms with E-state index in [0.717, 1.165) is 0 Å². The van der Waals surface area contributed by atoms with Crippen molar-refractivity contribution in [2.45, 2.75) is 13.3 Å². The van der Waals surface area contributed by atoms with Crippen LogP contribution >= 0.6 is 0 Å². The van der Waals surface area contributed by atoms with Gasteiger partial charge in [0.15, 0.2) is 0 Å². The van der Waals surface area contributed by atoms with Crippen LogP contribution in [-0.4, -0.2) is 16.7 Å². The van der Waals surface area contributed by atoms with Crippen molar-refractivity contribution in [2.75, 3.05) is 6.61 Å². The Morgan fingerprint density at radius 3 is 2.80 bits per heavy atom. The number of hydrogen-bond donors (Lipinski definition) is 1. The van der Waals surface area contributed by atoms with E-state index in [0.29, 0.717) is 23.4 Å². The molecule has 2 aromatic rings. The van der Waals surface area contributed by atoms with Gasteiger partial charge in [0.25, 0.3) is 0 Å². The molecule has 0 saturated carbocycles. The molecule has 3 heteroatoms. The molecule has 0 aliphatic carbocycles. The molecule has 0 aliphatic heterocycles. The number of aliphatic hydroxyl groups is 1. The van der Waals surface area contributed by atoms with Gasteiger partial charge < -0.3 is 9.52 Å². The van der Waals surface area contributed by atoms with Gasteiger partial charge >= 0.3 is 0 Å². The molecule has 0 atom stereocenters. The second kappa shape index (κ2) is 4.28. The maximum absolute atomic E-state index is 8.88. The Morgan fingerprint density at radius 2 is 2.13 bits per heavy atom. The first-order chi connectivity index (χ1) is 8.13. The number of hydrogen-bond acceptors (Lipinski definition) is 3. The number of rotatable bonds is 3. The molecule has 3 nitrogen and oxygen atoms in total. The topological polar surface area (TPSA) is 46.3 Å². The van der Waals surface area contributed by atoms with Crippen molar-refractivity contribution in [3.63, 3.8) is 0 Å². The van der Waals surface area contributed by atoms with Gasteiger partial charge in [-0.25, -0.2) is 4.98 Å². The highest BCUT2D eigenvalue weighted by Gasteiger charge is 2.09. The molecule has 0 fully saturated rings. The zero-order valence-electron chi connectivity index (χ0n) is 10.4. The highest BCUT2D eigenvalue weighted by molar-refractivity contribution is 5.53. The lowest BCUT2D eigenvalue weighted by atomic mass is 10.2. The normalized spacial score (nSPS) is 12.4. The second-order valence-corrected chi connectivity index (χ2v) is 3.18. The Hall–Kier alpha value is -1.61. The quantitative estimate of drug-likeness (QED) is 0.835. The summed E-state index contributed by atoms with van der Waals surface area (Å²) in [5, 5.41) is 8.88. The van der Waals surface area contributed by atoms with Crippen LogP contribution in [0.4, 0.5) is 0 Å². The van der Waals surface area contributed by atoms with Crippen molar-refractivity contribution in [1.82, 2.24) is 4.98 Å². The number of aryl methyl sites for hydroxylation is 1. The highest BCUT2D eigenvalue weighted by Crippen LogP contribution is 2.21. The molecular formula is C12H13NO2. The van der Waals surface area contributed by atoms with E-state index in [4.69, 9.17) is 12.3 Å². The molecule has 1 N–H and O–H groups in total. The molecule has 0 radical (unpaired) electrons. The van der Waals surface area contributed by atoms with Crippen LogP contribution in [0, 0.1) is 6.92 Å². The van der Waals surface area contributed by atoms with Gasteiger partial charge in [0.05, 0.1) is 8.44 Å². The second-order valence-electron chi connectivity index (χ2n) is 3.18. The fourth-order valence-electron chi connectivity index (χ4n) is 1.35. The van der Waals surface area contributed by atoms with E-state index in [-0.39, 0.29) is 24.6 Å². The van der Waals surface area contributed by atoms with E-state index in [1.165, 1.54) is 0 Å². The summed E-state index contributed by atoms with van der Waals surface area (Å²) >= 11 is 0. The SMILES string of the molecule is [2H]c1cccc([2H])c1-c1nc(CCO)c(C)o1. The molecule has 78 valence electrons. The highest BCUT2D eigenvalue weighted by atomic mass is 16.4. The number of nitrogens with zero attached hydrogens (tertiary/aromatic N) is 1. The lowest BCUT2D eigenvalue weighted by Crippen LogP contribution is -1.92. The summed E-state index contributed by atoms with van der Waals surface area (Å²) < 4.78 is 21.0. The monoisotopic (exact) mass is 205 g/mol. The molecule has 1 aromatic heterocycles. The minimum Gasteiger partial charge on any atom is -0.441 e. The van der Waals surface area contributed by atoms with E-state index in [1.54, 1.807) is 25.1 Å². The fourth-order valence-corrected chi connectivity index (χ4v) is 1.35. The largest absolute Gasteiger partial charge is 0.441 e. The maximum Gasteiger partial charge on any atom is 0.226 e. The van der Waals surface area contributed by atoms with Crippen LogP contribution < -0.4 is 0 Å². The van der Waals surface area contributed by atoms with Crippen LogP contribution in [-0.2, 0) is 6.42 Å². The summed E-state index contributed by atoms with van der Waals surface area (Å²) in [7, 11) is 0. The van der Waals surface area contributed by atoms with Gasteiger partial charge in [-0.3, -0.25) is 0 Å². The van der Waals surface area contributed by atoms with E-state index in [2.05, 4.69) is 4.98 Å². The molecular weight excluding hydrogens is 190 g/mol. The average Bonchev–Trinajstić information content (AvgIpc) is 2.60. The van der Waals surface area contributed by atoms with Crippen LogP contribution in [0.5, 0.6) is 0 Å². The van der Waals surface area contributed by atoms with Crippen molar-refractivity contribution in [3.05, 3.63) is 41.7 Å². The molecule has 0 bridgehead atoms. The minimum absolute atomic E-state index is 0.00304. The summed E-state index contributed by atoms with van der Waals surface area (Å²) in [5.41, 5.74) is 1.06. The number of aliphatic hydroxyl groups excluding tert-OH is 1. The Labute approximate surface area is 91.2 Å². The Morgan fingerprint density at radius 1 is 1.40 bits per heavy atom. The lowest BCUT2D eigenvalue weighted by molar-refractivity contribution is 0.297. The molecule has 1 heterocycles. The van der Waals surface area contributed by atoms with Crippen molar-refractivity contribution in [3.8, 4) is 11.5 Å². The average molecular weight is 205 g/mol. The van der Waals surface area contributed by atoms with Crippen LogP contribution in [0.2, 0.25) is 0 Å². The zero-order valence-corrected chi connectivity index (χ0v) is 8.45. The standard InChI is InChI=1S/C12H13NO2/c1-9-11(7-8-14)13-12(15-9)10-5-3-2-4-6-10/h2-6,14H,7-8H2,1H3/i5D,6D. The Bertz CT molecular complexity index is 517.